The summed E-state index contributed by atoms with van der Waals surface area (Å²) in [5.74, 6) is 0.137. The van der Waals surface area contributed by atoms with Crippen LogP contribution in [-0.4, -0.2) is 44.6 Å². The third-order valence-corrected chi connectivity index (χ3v) is 11.2. The fraction of sp³-hybridized carbons (Fsp3) is 0.516. The Bertz CT molecular complexity index is 1370. The predicted octanol–water partition coefficient (Wildman–Crippen LogP) is 6.32. The van der Waals surface area contributed by atoms with E-state index in [9.17, 15) is 14.4 Å². The molecule has 8 heteroatoms. The van der Waals surface area contributed by atoms with Gasteiger partial charge in [-0.2, -0.15) is 10.1 Å². The van der Waals surface area contributed by atoms with Crippen molar-refractivity contribution < 1.29 is 14.4 Å². The van der Waals surface area contributed by atoms with Crippen molar-refractivity contribution in [3.63, 3.8) is 0 Å². The molecule has 2 fully saturated rings. The summed E-state index contributed by atoms with van der Waals surface area (Å²) in [6.45, 7) is 9.41. The minimum Gasteiger partial charge on any atom is -0.308 e. The van der Waals surface area contributed by atoms with Gasteiger partial charge in [-0.15, -0.1) is 0 Å². The Morgan fingerprint density at radius 2 is 1.85 bits per heavy atom. The van der Waals surface area contributed by atoms with Gasteiger partial charge in [0.2, 0.25) is 0 Å². The summed E-state index contributed by atoms with van der Waals surface area (Å²) >= 11 is 1.17. The molecule has 1 aromatic heterocycles. The summed E-state index contributed by atoms with van der Waals surface area (Å²) in [5, 5.41) is 5.44. The normalized spacial score (nSPS) is 29.6. The lowest BCUT2D eigenvalue weighted by molar-refractivity contribution is -0.137. The van der Waals surface area contributed by atoms with Crippen LogP contribution in [0.2, 0.25) is 0 Å². The highest BCUT2D eigenvalue weighted by molar-refractivity contribution is 8.14. The fourth-order valence-corrected chi connectivity index (χ4v) is 8.25. The third-order valence-electron chi connectivity index (χ3n) is 10.3. The molecule has 4 aliphatic rings. The van der Waals surface area contributed by atoms with Crippen LogP contribution in [0.15, 0.2) is 47.8 Å². The number of nitrogens with zero attached hydrogens (tertiary/aromatic N) is 4. The van der Waals surface area contributed by atoms with Crippen molar-refractivity contribution in [3.8, 4) is 0 Å². The van der Waals surface area contributed by atoms with Gasteiger partial charge in [0.05, 0.1) is 11.0 Å². The van der Waals surface area contributed by atoms with E-state index in [2.05, 4.69) is 31.8 Å². The largest absolute Gasteiger partial charge is 0.309 e. The highest BCUT2D eigenvalue weighted by Crippen LogP contribution is 2.68. The number of pyridine rings is 1. The molecule has 2 aliphatic heterocycles. The number of fused-ring (bicyclic) bond motifs is 3. The van der Waals surface area contributed by atoms with E-state index in [-0.39, 0.29) is 39.1 Å². The number of carbonyl (C=O) groups excluding carboxylic acids is 3. The Hall–Kier alpha value is -3.00. The molecule has 4 atom stereocenters. The van der Waals surface area contributed by atoms with Gasteiger partial charge in [0.1, 0.15) is 0 Å². The number of rotatable bonds is 3. The lowest BCUT2D eigenvalue weighted by atomic mass is 9.66. The molecule has 2 saturated carbocycles. The maximum atomic E-state index is 13.8. The molecule has 0 saturated heterocycles. The summed E-state index contributed by atoms with van der Waals surface area (Å²) < 4.78 is 0. The monoisotopic (exact) mass is 544 g/mol. The zero-order valence-corrected chi connectivity index (χ0v) is 24.0. The van der Waals surface area contributed by atoms with Crippen LogP contribution >= 0.6 is 11.8 Å². The molecule has 2 aliphatic carbocycles. The molecule has 3 heterocycles. The van der Waals surface area contributed by atoms with Crippen LogP contribution in [0.25, 0.3) is 0 Å². The lowest BCUT2D eigenvalue weighted by Crippen LogP contribution is -2.46. The molecule has 2 aromatic rings. The molecule has 3 amide bonds. The number of imide groups is 1. The first-order valence-corrected chi connectivity index (χ1v) is 15.0. The van der Waals surface area contributed by atoms with Crippen LogP contribution < -0.4 is 4.90 Å². The molecular formula is C31H36N4O3S. The fourth-order valence-electron chi connectivity index (χ4n) is 7.42. The molecule has 0 radical (unpaired) electrons. The predicted molar refractivity (Wildman–Crippen MR) is 154 cm³/mol. The average Bonchev–Trinajstić information content (AvgIpc) is 3.15. The van der Waals surface area contributed by atoms with E-state index in [1.54, 1.807) is 24.5 Å². The van der Waals surface area contributed by atoms with E-state index in [4.69, 9.17) is 5.10 Å². The molecule has 6 rings (SSSR count). The minimum absolute atomic E-state index is 0.0307. The standard InChI is InChI=1S/C31H36N4O3S/c1-19-26(33-35(29(38)39-19)28(37)24-18-23-10-13-31(24,4)30(23,2)3)22-8-9-25-21(17-22)7-5-6-16-34(25)27(36)20-11-14-32-15-12-20/h8-9,11-12,14-15,17,19,23-24H,5-7,10,13,16,18H2,1-4H3. The number of hydrazone groups is 1. The first kappa shape index (κ1) is 26.2. The summed E-state index contributed by atoms with van der Waals surface area (Å²) in [6.07, 6.45) is 9.04. The molecule has 204 valence electrons. The number of thioether (sulfide) groups is 1. The number of aryl methyl sites for hydroxylation is 1. The zero-order chi connectivity index (χ0) is 27.5. The van der Waals surface area contributed by atoms with Crippen molar-refractivity contribution in [3.05, 3.63) is 59.4 Å². The number of hydrogen-bond donors (Lipinski definition) is 0. The van der Waals surface area contributed by atoms with Gasteiger partial charge in [0.15, 0.2) is 0 Å². The van der Waals surface area contributed by atoms with Crippen LogP contribution in [0.4, 0.5) is 10.5 Å². The van der Waals surface area contributed by atoms with Crippen molar-refractivity contribution in [2.24, 2.45) is 27.8 Å². The average molecular weight is 545 g/mol. The Labute approximate surface area is 234 Å². The van der Waals surface area contributed by atoms with Gasteiger partial charge in [0.25, 0.3) is 11.8 Å². The molecule has 2 bridgehead atoms. The van der Waals surface area contributed by atoms with E-state index in [1.165, 1.54) is 11.8 Å². The summed E-state index contributed by atoms with van der Waals surface area (Å²) in [4.78, 5) is 46.2. The first-order chi connectivity index (χ1) is 18.6. The highest BCUT2D eigenvalue weighted by Gasteiger charge is 2.64. The number of benzene rings is 1. The van der Waals surface area contributed by atoms with Crippen LogP contribution in [0.3, 0.4) is 0 Å². The van der Waals surface area contributed by atoms with E-state index in [0.717, 1.165) is 66.1 Å². The third kappa shape index (κ3) is 4.14. The number of anilines is 1. The van der Waals surface area contributed by atoms with Crippen LogP contribution in [-0.2, 0) is 11.2 Å². The molecule has 39 heavy (non-hydrogen) atoms. The summed E-state index contributed by atoms with van der Waals surface area (Å²) in [6, 6.07) is 9.57. The molecule has 0 spiro atoms. The number of carbonyl (C=O) groups is 3. The van der Waals surface area contributed by atoms with Crippen molar-refractivity contribution in [2.75, 3.05) is 11.4 Å². The van der Waals surface area contributed by atoms with E-state index < -0.39 is 0 Å². The Kier molecular flexibility index (Phi) is 6.44. The van der Waals surface area contributed by atoms with Crippen LogP contribution in [0.1, 0.15) is 81.3 Å². The second-order valence-corrected chi connectivity index (χ2v) is 13.6. The molecular weight excluding hydrogens is 508 g/mol. The molecule has 4 unspecified atom stereocenters. The first-order valence-electron chi connectivity index (χ1n) is 14.1. The maximum absolute atomic E-state index is 13.8. The maximum Gasteiger partial charge on any atom is 0.309 e. The Morgan fingerprint density at radius 3 is 2.54 bits per heavy atom. The van der Waals surface area contributed by atoms with Gasteiger partial charge in [0, 0.05) is 36.1 Å². The number of aromatic nitrogens is 1. The Morgan fingerprint density at radius 1 is 1.08 bits per heavy atom. The second-order valence-electron chi connectivity index (χ2n) is 12.3. The quantitative estimate of drug-likeness (QED) is 0.452. The van der Waals surface area contributed by atoms with Crippen LogP contribution in [0, 0.1) is 22.7 Å². The van der Waals surface area contributed by atoms with Gasteiger partial charge in [-0.05, 0) is 97.6 Å². The van der Waals surface area contributed by atoms with E-state index >= 15 is 0 Å². The van der Waals surface area contributed by atoms with Gasteiger partial charge < -0.3 is 4.90 Å². The lowest BCUT2D eigenvalue weighted by Gasteiger charge is -2.39. The van der Waals surface area contributed by atoms with Gasteiger partial charge in [-0.25, -0.2) is 0 Å². The molecule has 1 aromatic carbocycles. The van der Waals surface area contributed by atoms with Crippen molar-refractivity contribution >= 4 is 40.2 Å². The Balaban J connectivity index is 1.32. The zero-order valence-electron chi connectivity index (χ0n) is 23.1. The summed E-state index contributed by atoms with van der Waals surface area (Å²) in [5.41, 5.74) is 4.22. The van der Waals surface area contributed by atoms with Gasteiger partial charge in [-0.3, -0.25) is 19.4 Å². The topological polar surface area (TPSA) is 82.9 Å². The minimum atomic E-state index is -0.288. The van der Waals surface area contributed by atoms with Gasteiger partial charge >= 0.3 is 5.24 Å². The number of hydrogen-bond acceptors (Lipinski definition) is 6. The van der Waals surface area contributed by atoms with Gasteiger partial charge in [-0.1, -0.05) is 38.6 Å². The second kappa shape index (κ2) is 9.58. The van der Waals surface area contributed by atoms with Crippen LogP contribution in [0.5, 0.6) is 0 Å². The van der Waals surface area contributed by atoms with Crippen molar-refractivity contribution in [1.29, 1.82) is 0 Å². The van der Waals surface area contributed by atoms with E-state index in [1.807, 2.05) is 24.0 Å². The number of amides is 3. The smallest absolute Gasteiger partial charge is 0.308 e. The molecule has 7 nitrogen and oxygen atoms in total. The van der Waals surface area contributed by atoms with Crippen molar-refractivity contribution in [2.45, 2.75) is 71.5 Å². The highest BCUT2D eigenvalue weighted by atomic mass is 32.2. The molecule has 0 N–H and O–H groups in total. The summed E-state index contributed by atoms with van der Waals surface area (Å²) in [7, 11) is 0. The van der Waals surface area contributed by atoms with Crippen molar-refractivity contribution in [1.82, 2.24) is 9.99 Å². The van der Waals surface area contributed by atoms with E-state index in [0.29, 0.717) is 18.0 Å². The SMILES string of the molecule is CC1SC(=O)N(C(=O)C2CC3CCC2(C)C3(C)C)N=C1c1ccc2c(c1)CCCCN2C(=O)c1ccncc1.